The number of anilines is 1. The zero-order valence-electron chi connectivity index (χ0n) is 7.94. The molecule has 0 amide bonds. The Morgan fingerprint density at radius 2 is 2.31 bits per heavy atom. The average Bonchev–Trinajstić information content (AvgIpc) is 2.15. The summed E-state index contributed by atoms with van der Waals surface area (Å²) in [7, 11) is 0. The predicted octanol–water partition coefficient (Wildman–Crippen LogP) is 0.905. The first-order valence-electron chi connectivity index (χ1n) is 4.38. The Morgan fingerprint density at radius 1 is 1.54 bits per heavy atom. The molecule has 0 saturated heterocycles. The molecule has 0 radical (unpaired) electrons. The zero-order chi connectivity index (χ0) is 9.68. The molecule has 0 fully saturated rings. The van der Waals surface area contributed by atoms with Crippen molar-refractivity contribution in [2.45, 2.75) is 20.0 Å². The van der Waals surface area contributed by atoms with Crippen LogP contribution in [0, 0.1) is 5.92 Å². The van der Waals surface area contributed by atoms with Crippen LogP contribution < -0.4 is 5.32 Å². The van der Waals surface area contributed by atoms with Gasteiger partial charge in [-0.3, -0.25) is 0 Å². The van der Waals surface area contributed by atoms with Crippen LogP contribution in [-0.4, -0.2) is 27.7 Å². The lowest BCUT2D eigenvalue weighted by Crippen LogP contribution is -2.25. The fourth-order valence-electron chi connectivity index (χ4n) is 0.840. The number of hydrogen-bond donors (Lipinski definition) is 2. The summed E-state index contributed by atoms with van der Waals surface area (Å²) in [5, 5.41) is 12.5. The normalized spacial score (nSPS) is 12.9. The molecule has 13 heavy (non-hydrogen) atoms. The molecule has 0 aliphatic heterocycles. The molecule has 1 aromatic rings. The Morgan fingerprint density at radius 3 is 2.85 bits per heavy atom. The van der Waals surface area contributed by atoms with Gasteiger partial charge in [0.15, 0.2) is 0 Å². The minimum absolute atomic E-state index is 0.259. The highest BCUT2D eigenvalue weighted by Gasteiger charge is 2.07. The summed E-state index contributed by atoms with van der Waals surface area (Å²) in [6, 6.07) is 1.77. The molecule has 1 heterocycles. The van der Waals surface area contributed by atoms with Crippen molar-refractivity contribution in [2.24, 2.45) is 5.92 Å². The number of rotatable bonds is 4. The maximum atomic E-state index is 9.48. The minimum atomic E-state index is -0.338. The van der Waals surface area contributed by atoms with Gasteiger partial charge in [0.1, 0.15) is 12.1 Å². The van der Waals surface area contributed by atoms with Crippen LogP contribution in [0.2, 0.25) is 0 Å². The molecule has 4 heteroatoms. The Hall–Kier alpha value is -1.16. The van der Waals surface area contributed by atoms with Crippen molar-refractivity contribution in [3.05, 3.63) is 18.6 Å². The third-order valence-electron chi connectivity index (χ3n) is 1.84. The van der Waals surface area contributed by atoms with Crippen LogP contribution in [0.25, 0.3) is 0 Å². The number of aliphatic hydroxyl groups is 1. The summed E-state index contributed by atoms with van der Waals surface area (Å²) in [6.07, 6.45) is 2.80. The van der Waals surface area contributed by atoms with Gasteiger partial charge in [-0.1, -0.05) is 13.8 Å². The van der Waals surface area contributed by atoms with E-state index in [2.05, 4.69) is 15.3 Å². The Bertz CT molecular complexity index is 238. The van der Waals surface area contributed by atoms with Gasteiger partial charge in [-0.15, -0.1) is 0 Å². The summed E-state index contributed by atoms with van der Waals surface area (Å²) < 4.78 is 0. The highest BCUT2D eigenvalue weighted by atomic mass is 16.3. The van der Waals surface area contributed by atoms with Crippen LogP contribution in [0.4, 0.5) is 5.82 Å². The lowest BCUT2D eigenvalue weighted by atomic mass is 10.1. The first kappa shape index (κ1) is 9.92. The van der Waals surface area contributed by atoms with Crippen molar-refractivity contribution < 1.29 is 5.11 Å². The van der Waals surface area contributed by atoms with Gasteiger partial charge < -0.3 is 10.4 Å². The number of nitrogens with zero attached hydrogens (tertiary/aromatic N) is 2. The number of nitrogens with one attached hydrogen (secondary N) is 1. The van der Waals surface area contributed by atoms with E-state index in [0.29, 0.717) is 6.54 Å². The van der Waals surface area contributed by atoms with Crippen LogP contribution in [0.15, 0.2) is 18.6 Å². The van der Waals surface area contributed by atoms with Crippen molar-refractivity contribution in [1.29, 1.82) is 0 Å². The molecule has 4 nitrogen and oxygen atoms in total. The second kappa shape index (κ2) is 4.77. The van der Waals surface area contributed by atoms with E-state index in [1.165, 1.54) is 6.33 Å². The van der Waals surface area contributed by atoms with E-state index in [9.17, 15) is 5.11 Å². The molecule has 0 spiro atoms. The Labute approximate surface area is 78.0 Å². The lowest BCUT2D eigenvalue weighted by molar-refractivity contribution is 0.138. The Balaban J connectivity index is 2.35. The highest BCUT2D eigenvalue weighted by molar-refractivity contribution is 5.31. The van der Waals surface area contributed by atoms with Crippen molar-refractivity contribution in [3.8, 4) is 0 Å². The molecule has 0 aliphatic rings. The van der Waals surface area contributed by atoms with Gasteiger partial charge in [0.25, 0.3) is 0 Å². The van der Waals surface area contributed by atoms with E-state index in [1.54, 1.807) is 12.3 Å². The number of hydrogen-bond acceptors (Lipinski definition) is 4. The average molecular weight is 181 g/mol. The lowest BCUT2D eigenvalue weighted by Gasteiger charge is -2.14. The monoisotopic (exact) mass is 181 g/mol. The molecule has 1 rings (SSSR count). The molecule has 0 bridgehead atoms. The standard InChI is InChI=1S/C9H15N3O/c1-7(2)8(13)5-11-9-3-4-10-6-12-9/h3-4,6-8,13H,5H2,1-2H3,(H,10,11,12). The van der Waals surface area contributed by atoms with Gasteiger partial charge in [-0.2, -0.15) is 0 Å². The van der Waals surface area contributed by atoms with Crippen molar-refractivity contribution in [2.75, 3.05) is 11.9 Å². The molecular formula is C9H15N3O. The van der Waals surface area contributed by atoms with E-state index >= 15 is 0 Å². The molecule has 1 aromatic heterocycles. The zero-order valence-corrected chi connectivity index (χ0v) is 7.94. The van der Waals surface area contributed by atoms with E-state index in [-0.39, 0.29) is 12.0 Å². The van der Waals surface area contributed by atoms with Crippen LogP contribution in [-0.2, 0) is 0 Å². The van der Waals surface area contributed by atoms with E-state index in [1.807, 2.05) is 13.8 Å². The molecule has 0 aromatic carbocycles. The van der Waals surface area contributed by atoms with E-state index in [4.69, 9.17) is 0 Å². The third-order valence-corrected chi connectivity index (χ3v) is 1.84. The van der Waals surface area contributed by atoms with E-state index < -0.39 is 0 Å². The predicted molar refractivity (Wildman–Crippen MR) is 51.4 cm³/mol. The molecular weight excluding hydrogens is 166 g/mol. The molecule has 0 aliphatic carbocycles. The molecule has 72 valence electrons. The largest absolute Gasteiger partial charge is 0.391 e. The second-order valence-corrected chi connectivity index (χ2v) is 3.29. The number of aliphatic hydroxyl groups excluding tert-OH is 1. The molecule has 1 atom stereocenters. The molecule has 0 saturated carbocycles. The van der Waals surface area contributed by atoms with Crippen LogP contribution >= 0.6 is 0 Å². The smallest absolute Gasteiger partial charge is 0.129 e. The van der Waals surface area contributed by atoms with Crippen molar-refractivity contribution >= 4 is 5.82 Å². The summed E-state index contributed by atoms with van der Waals surface area (Å²) in [5.74, 6) is 1.00. The van der Waals surface area contributed by atoms with E-state index in [0.717, 1.165) is 5.82 Å². The summed E-state index contributed by atoms with van der Waals surface area (Å²) >= 11 is 0. The minimum Gasteiger partial charge on any atom is -0.391 e. The maximum absolute atomic E-state index is 9.48. The van der Waals surface area contributed by atoms with Gasteiger partial charge in [0.2, 0.25) is 0 Å². The van der Waals surface area contributed by atoms with Crippen molar-refractivity contribution in [3.63, 3.8) is 0 Å². The third kappa shape index (κ3) is 3.38. The van der Waals surface area contributed by atoms with Gasteiger partial charge in [0.05, 0.1) is 6.10 Å². The van der Waals surface area contributed by atoms with Gasteiger partial charge in [-0.05, 0) is 12.0 Å². The summed E-state index contributed by atoms with van der Waals surface area (Å²) in [4.78, 5) is 7.77. The Kier molecular flexibility index (Phi) is 3.64. The fourth-order valence-corrected chi connectivity index (χ4v) is 0.840. The summed E-state index contributed by atoms with van der Waals surface area (Å²) in [6.45, 7) is 4.48. The van der Waals surface area contributed by atoms with Gasteiger partial charge >= 0.3 is 0 Å². The fraction of sp³-hybridized carbons (Fsp3) is 0.556. The molecule has 2 N–H and O–H groups in total. The second-order valence-electron chi connectivity index (χ2n) is 3.29. The SMILES string of the molecule is CC(C)C(O)CNc1ccncn1. The summed E-state index contributed by atoms with van der Waals surface area (Å²) in [5.41, 5.74) is 0. The van der Waals surface area contributed by atoms with Crippen molar-refractivity contribution in [1.82, 2.24) is 9.97 Å². The maximum Gasteiger partial charge on any atom is 0.129 e. The van der Waals surface area contributed by atoms with Gasteiger partial charge in [0, 0.05) is 12.7 Å². The highest BCUT2D eigenvalue weighted by Crippen LogP contribution is 2.03. The van der Waals surface area contributed by atoms with Crippen LogP contribution in [0.5, 0.6) is 0 Å². The van der Waals surface area contributed by atoms with Crippen LogP contribution in [0.1, 0.15) is 13.8 Å². The van der Waals surface area contributed by atoms with Crippen LogP contribution in [0.3, 0.4) is 0 Å². The molecule has 1 unspecified atom stereocenters. The topological polar surface area (TPSA) is 58.0 Å². The van der Waals surface area contributed by atoms with Gasteiger partial charge in [-0.25, -0.2) is 9.97 Å². The first-order chi connectivity index (χ1) is 6.20. The number of aromatic nitrogens is 2. The first-order valence-corrected chi connectivity index (χ1v) is 4.38. The quantitative estimate of drug-likeness (QED) is 0.724.